The summed E-state index contributed by atoms with van der Waals surface area (Å²) in [6, 6.07) is 9.06. The Morgan fingerprint density at radius 2 is 2.00 bits per heavy atom. The molecule has 7 nitrogen and oxygen atoms in total. The Balaban J connectivity index is 1.62. The maximum Gasteiger partial charge on any atom is 0.417 e. The minimum absolute atomic E-state index is 0.468. The van der Waals surface area contributed by atoms with E-state index in [-0.39, 0.29) is 0 Å². The lowest BCUT2D eigenvalue weighted by Gasteiger charge is -1.96. The Bertz CT molecular complexity index is 985. The first kappa shape index (κ1) is 12.5. The SMILES string of the molecule is O=c1[nH]c2cc(Cc3nc(-c4ccncc4)no3)ccc2o1. The van der Waals surface area contributed by atoms with Gasteiger partial charge < -0.3 is 8.94 Å². The number of rotatable bonds is 3. The molecule has 0 aliphatic heterocycles. The summed E-state index contributed by atoms with van der Waals surface area (Å²) < 4.78 is 10.2. The molecule has 4 aromatic rings. The first-order valence-corrected chi connectivity index (χ1v) is 6.63. The number of pyridine rings is 1. The number of nitrogens with zero attached hydrogens (tertiary/aromatic N) is 3. The molecule has 0 saturated carbocycles. The molecule has 0 aliphatic rings. The summed E-state index contributed by atoms with van der Waals surface area (Å²) in [6.07, 6.45) is 3.82. The van der Waals surface area contributed by atoms with Gasteiger partial charge in [0.15, 0.2) is 5.58 Å². The average Bonchev–Trinajstić information content (AvgIpc) is 3.13. The molecular weight excluding hydrogens is 284 g/mol. The van der Waals surface area contributed by atoms with E-state index in [2.05, 4.69) is 20.1 Å². The van der Waals surface area contributed by atoms with Crippen LogP contribution in [0.25, 0.3) is 22.5 Å². The number of hydrogen-bond acceptors (Lipinski definition) is 6. The van der Waals surface area contributed by atoms with Gasteiger partial charge in [-0.15, -0.1) is 0 Å². The van der Waals surface area contributed by atoms with Crippen molar-refractivity contribution in [1.82, 2.24) is 20.1 Å². The van der Waals surface area contributed by atoms with Crippen LogP contribution in [-0.4, -0.2) is 20.1 Å². The standard InChI is InChI=1S/C15H10N4O3/c20-15-17-11-7-9(1-2-12(11)21-15)8-13-18-14(19-22-13)10-3-5-16-6-4-10/h1-7H,8H2,(H,17,20). The monoisotopic (exact) mass is 294 g/mol. The van der Waals surface area contributed by atoms with Crippen molar-refractivity contribution < 1.29 is 8.94 Å². The lowest BCUT2D eigenvalue weighted by molar-refractivity contribution is 0.386. The number of benzene rings is 1. The Morgan fingerprint density at radius 1 is 1.14 bits per heavy atom. The maximum atomic E-state index is 11.2. The number of fused-ring (bicyclic) bond motifs is 1. The number of nitrogens with one attached hydrogen (secondary N) is 1. The van der Waals surface area contributed by atoms with Crippen molar-refractivity contribution in [2.24, 2.45) is 0 Å². The van der Waals surface area contributed by atoms with Crippen molar-refractivity contribution in [3.8, 4) is 11.4 Å². The zero-order valence-corrected chi connectivity index (χ0v) is 11.3. The van der Waals surface area contributed by atoms with Crippen molar-refractivity contribution in [1.29, 1.82) is 0 Å². The summed E-state index contributed by atoms with van der Waals surface area (Å²) in [6.45, 7) is 0. The van der Waals surface area contributed by atoms with E-state index in [9.17, 15) is 4.79 Å². The highest BCUT2D eigenvalue weighted by atomic mass is 16.5. The summed E-state index contributed by atoms with van der Waals surface area (Å²) in [5.74, 6) is 0.553. The molecule has 4 rings (SSSR count). The van der Waals surface area contributed by atoms with Gasteiger partial charge >= 0.3 is 5.76 Å². The largest absolute Gasteiger partial charge is 0.417 e. The summed E-state index contributed by atoms with van der Waals surface area (Å²) in [5, 5.41) is 3.96. The molecule has 3 heterocycles. The van der Waals surface area contributed by atoms with Gasteiger partial charge in [-0.1, -0.05) is 11.2 Å². The molecule has 0 saturated heterocycles. The average molecular weight is 294 g/mol. The van der Waals surface area contributed by atoms with E-state index in [1.807, 2.05) is 24.3 Å². The molecule has 7 heteroatoms. The van der Waals surface area contributed by atoms with Crippen LogP contribution < -0.4 is 5.76 Å². The van der Waals surface area contributed by atoms with Crippen LogP contribution in [0.15, 0.2) is 56.5 Å². The summed E-state index contributed by atoms with van der Waals surface area (Å²) in [4.78, 5) is 22.1. The third kappa shape index (κ3) is 2.28. The lowest BCUT2D eigenvalue weighted by atomic mass is 10.1. The zero-order valence-electron chi connectivity index (χ0n) is 11.3. The van der Waals surface area contributed by atoms with Crippen LogP contribution in [0.1, 0.15) is 11.5 Å². The molecule has 22 heavy (non-hydrogen) atoms. The van der Waals surface area contributed by atoms with Crippen molar-refractivity contribution in [3.05, 3.63) is 64.7 Å². The topological polar surface area (TPSA) is 97.8 Å². The van der Waals surface area contributed by atoms with Crippen LogP contribution in [0, 0.1) is 0 Å². The summed E-state index contributed by atoms with van der Waals surface area (Å²) in [5.41, 5.74) is 2.96. The van der Waals surface area contributed by atoms with E-state index < -0.39 is 5.76 Å². The van der Waals surface area contributed by atoms with Gasteiger partial charge in [0.2, 0.25) is 11.7 Å². The third-order valence-electron chi connectivity index (χ3n) is 3.25. The second kappa shape index (κ2) is 4.96. The lowest BCUT2D eigenvalue weighted by Crippen LogP contribution is -1.93. The van der Waals surface area contributed by atoms with E-state index in [0.29, 0.717) is 29.2 Å². The molecule has 0 radical (unpaired) electrons. The van der Waals surface area contributed by atoms with Crippen molar-refractivity contribution >= 4 is 11.1 Å². The predicted octanol–water partition coefficient (Wildman–Crippen LogP) is 2.16. The van der Waals surface area contributed by atoms with Crippen molar-refractivity contribution in [2.75, 3.05) is 0 Å². The Labute approximate surface area is 123 Å². The van der Waals surface area contributed by atoms with Crippen LogP contribution in [0.5, 0.6) is 0 Å². The number of aromatic amines is 1. The second-order valence-corrected chi connectivity index (χ2v) is 4.77. The van der Waals surface area contributed by atoms with Crippen LogP contribution in [0.3, 0.4) is 0 Å². The van der Waals surface area contributed by atoms with Gasteiger partial charge in [0.05, 0.1) is 11.9 Å². The van der Waals surface area contributed by atoms with Gasteiger partial charge in [-0.2, -0.15) is 4.98 Å². The third-order valence-corrected chi connectivity index (χ3v) is 3.25. The van der Waals surface area contributed by atoms with E-state index in [0.717, 1.165) is 11.1 Å². The first-order chi connectivity index (χ1) is 10.8. The van der Waals surface area contributed by atoms with Gasteiger partial charge in [-0.3, -0.25) is 9.97 Å². The minimum atomic E-state index is -0.468. The van der Waals surface area contributed by atoms with Crippen LogP contribution in [0.4, 0.5) is 0 Å². The number of oxazole rings is 1. The quantitative estimate of drug-likeness (QED) is 0.621. The zero-order chi connectivity index (χ0) is 14.9. The smallest absolute Gasteiger partial charge is 0.408 e. The molecule has 0 fully saturated rings. The van der Waals surface area contributed by atoms with Gasteiger partial charge in [-0.25, -0.2) is 4.79 Å². The molecule has 108 valence electrons. The van der Waals surface area contributed by atoms with Gasteiger partial charge in [-0.05, 0) is 29.8 Å². The fraction of sp³-hybridized carbons (Fsp3) is 0.0667. The van der Waals surface area contributed by atoms with Gasteiger partial charge in [0.1, 0.15) is 0 Å². The minimum Gasteiger partial charge on any atom is -0.408 e. The van der Waals surface area contributed by atoms with Gasteiger partial charge in [0, 0.05) is 18.0 Å². The summed E-state index contributed by atoms with van der Waals surface area (Å²) in [7, 11) is 0. The van der Waals surface area contributed by atoms with E-state index in [4.69, 9.17) is 8.94 Å². The normalized spacial score (nSPS) is 11.1. The van der Waals surface area contributed by atoms with E-state index in [1.165, 1.54) is 0 Å². The molecule has 0 unspecified atom stereocenters. The molecular formula is C15H10N4O3. The second-order valence-electron chi connectivity index (χ2n) is 4.77. The van der Waals surface area contributed by atoms with Crippen LogP contribution >= 0.6 is 0 Å². The number of H-pyrrole nitrogens is 1. The highest BCUT2D eigenvalue weighted by Gasteiger charge is 2.10. The predicted molar refractivity (Wildman–Crippen MR) is 77.2 cm³/mol. The molecule has 1 aromatic carbocycles. The van der Waals surface area contributed by atoms with Gasteiger partial charge in [0.25, 0.3) is 0 Å². The molecule has 3 aromatic heterocycles. The fourth-order valence-corrected chi connectivity index (χ4v) is 2.23. The Kier molecular flexibility index (Phi) is 2.82. The number of aromatic nitrogens is 4. The highest BCUT2D eigenvalue weighted by molar-refractivity contribution is 5.72. The first-order valence-electron chi connectivity index (χ1n) is 6.63. The Morgan fingerprint density at radius 3 is 2.86 bits per heavy atom. The van der Waals surface area contributed by atoms with Crippen LogP contribution in [0.2, 0.25) is 0 Å². The molecule has 0 atom stereocenters. The Hall–Kier alpha value is -3.22. The molecule has 0 amide bonds. The molecule has 0 spiro atoms. The van der Waals surface area contributed by atoms with Crippen LogP contribution in [-0.2, 0) is 6.42 Å². The summed E-state index contributed by atoms with van der Waals surface area (Å²) >= 11 is 0. The molecule has 1 N–H and O–H groups in total. The fourth-order valence-electron chi connectivity index (χ4n) is 2.23. The van der Waals surface area contributed by atoms with E-state index in [1.54, 1.807) is 18.5 Å². The highest BCUT2D eigenvalue weighted by Crippen LogP contribution is 2.18. The molecule has 0 aliphatic carbocycles. The number of hydrogen-bond donors (Lipinski definition) is 1. The maximum absolute atomic E-state index is 11.2. The van der Waals surface area contributed by atoms with Crippen molar-refractivity contribution in [2.45, 2.75) is 6.42 Å². The van der Waals surface area contributed by atoms with E-state index >= 15 is 0 Å². The molecule has 0 bridgehead atoms. The van der Waals surface area contributed by atoms with Crippen molar-refractivity contribution in [3.63, 3.8) is 0 Å².